The molecule has 0 saturated carbocycles. The lowest BCUT2D eigenvalue weighted by Crippen LogP contribution is -2.44. The Labute approximate surface area is 155 Å². The Balaban J connectivity index is 1.74. The van der Waals surface area contributed by atoms with Crippen LogP contribution in [0.4, 0.5) is 11.4 Å². The number of likely N-dealkylation sites (N-methyl/N-ethyl adjacent to an activating group) is 1. The number of anilines is 1. The van der Waals surface area contributed by atoms with Gasteiger partial charge in [0.05, 0.1) is 16.9 Å². The van der Waals surface area contributed by atoms with Gasteiger partial charge in [0.1, 0.15) is 10.3 Å². The fraction of sp³-hybridized carbons (Fsp3) is 0.250. The van der Waals surface area contributed by atoms with Gasteiger partial charge >= 0.3 is 0 Å². The molecule has 2 aliphatic heterocycles. The van der Waals surface area contributed by atoms with E-state index in [2.05, 4.69) is 86.0 Å². The molecule has 0 spiro atoms. The quantitative estimate of drug-likeness (QED) is 0.618. The monoisotopic (exact) mass is 394 g/mol. The molecule has 5 rings (SSSR count). The molecule has 0 amide bonds. The van der Waals surface area contributed by atoms with E-state index in [4.69, 9.17) is 4.99 Å². The summed E-state index contributed by atoms with van der Waals surface area (Å²) in [6.07, 6.45) is 2.15. The fourth-order valence-electron chi connectivity index (χ4n) is 3.85. The normalized spacial score (nSPS) is 17.4. The Morgan fingerprint density at radius 2 is 1.68 bits per heavy atom. The second-order valence-electron chi connectivity index (χ2n) is 6.77. The number of rotatable bonds is 1. The van der Waals surface area contributed by atoms with Crippen LogP contribution < -0.4 is 4.90 Å². The van der Waals surface area contributed by atoms with Crippen molar-refractivity contribution >= 4 is 42.8 Å². The summed E-state index contributed by atoms with van der Waals surface area (Å²) in [4.78, 5) is 9.84. The third-order valence-corrected chi connectivity index (χ3v) is 5.84. The molecule has 0 aliphatic carbocycles. The topological polar surface area (TPSA) is 23.8 Å². The van der Waals surface area contributed by atoms with E-state index in [1.165, 1.54) is 16.6 Å². The first-order valence-electron chi connectivity index (χ1n) is 8.64. The Hall–Kier alpha value is -2.11. The zero-order valence-electron chi connectivity index (χ0n) is 14.1. The first-order valence-corrected chi connectivity index (χ1v) is 9.43. The number of nitrogens with zero attached hydrogens (tertiary/aromatic N) is 4. The van der Waals surface area contributed by atoms with Crippen molar-refractivity contribution in [1.29, 1.82) is 0 Å². The van der Waals surface area contributed by atoms with Gasteiger partial charge < -0.3 is 14.4 Å². The minimum Gasteiger partial charge on any atom is -0.367 e. The Kier molecular flexibility index (Phi) is 3.47. The smallest absolute Gasteiger partial charge is 0.116 e. The molecule has 1 fully saturated rings. The number of hydrogen-bond donors (Lipinski definition) is 0. The maximum absolute atomic E-state index is 5.00. The molecule has 1 saturated heterocycles. The van der Waals surface area contributed by atoms with Gasteiger partial charge in [0, 0.05) is 43.3 Å². The van der Waals surface area contributed by atoms with Crippen molar-refractivity contribution in [2.75, 3.05) is 38.1 Å². The highest BCUT2D eigenvalue weighted by molar-refractivity contribution is 9.18. The summed E-state index contributed by atoms with van der Waals surface area (Å²) in [5.41, 5.74) is 5.77. The van der Waals surface area contributed by atoms with Gasteiger partial charge in [-0.25, -0.2) is 4.99 Å². The standard InChI is InChI=1S/C20H19BrN4/c1-23-10-12-24(13-11-23)16-6-3-7-17-18(16)22-20(21)15-5-2-4-14-8-9-25(17)19(14)15/h2-9H,10-13H2,1H3. The molecule has 0 N–H and O–H groups in total. The summed E-state index contributed by atoms with van der Waals surface area (Å²) < 4.78 is 3.18. The molecule has 126 valence electrons. The number of aliphatic imine (C=N–C) groups is 1. The van der Waals surface area contributed by atoms with Crippen molar-refractivity contribution in [2.45, 2.75) is 0 Å². The summed E-state index contributed by atoms with van der Waals surface area (Å²) in [7, 11) is 2.19. The maximum Gasteiger partial charge on any atom is 0.116 e. The van der Waals surface area contributed by atoms with Crippen LogP contribution in [0.3, 0.4) is 0 Å². The molecular formula is C20H19BrN4. The highest BCUT2D eigenvalue weighted by atomic mass is 79.9. The number of benzene rings is 2. The number of fused-ring (bicyclic) bond motifs is 2. The summed E-state index contributed by atoms with van der Waals surface area (Å²) in [6, 6.07) is 15.1. The first kappa shape index (κ1) is 15.2. The van der Waals surface area contributed by atoms with Crippen LogP contribution in [0.25, 0.3) is 16.6 Å². The van der Waals surface area contributed by atoms with Crippen LogP contribution >= 0.6 is 15.9 Å². The van der Waals surface area contributed by atoms with Crippen LogP contribution in [0, 0.1) is 0 Å². The lowest BCUT2D eigenvalue weighted by atomic mass is 10.1. The predicted octanol–water partition coefficient (Wildman–Crippen LogP) is 4.17. The van der Waals surface area contributed by atoms with Gasteiger partial charge in [0.25, 0.3) is 0 Å². The molecule has 0 bridgehead atoms. The molecule has 1 aromatic heterocycles. The summed E-state index contributed by atoms with van der Waals surface area (Å²) in [5.74, 6) is 0. The molecule has 3 heterocycles. The number of hydrogen-bond acceptors (Lipinski definition) is 3. The van der Waals surface area contributed by atoms with Crippen molar-refractivity contribution in [3.8, 4) is 5.69 Å². The highest BCUT2D eigenvalue weighted by Gasteiger charge is 2.23. The number of piperazine rings is 1. The largest absolute Gasteiger partial charge is 0.367 e. The predicted molar refractivity (Wildman–Crippen MR) is 108 cm³/mol. The van der Waals surface area contributed by atoms with E-state index in [1.54, 1.807) is 0 Å². The average Bonchev–Trinajstić information content (AvgIpc) is 3.01. The molecule has 2 aliphatic rings. The second kappa shape index (κ2) is 5.71. The van der Waals surface area contributed by atoms with Crippen LogP contribution in [-0.4, -0.2) is 47.3 Å². The fourth-order valence-corrected chi connectivity index (χ4v) is 4.35. The minimum absolute atomic E-state index is 0.901. The third kappa shape index (κ3) is 2.34. The first-order chi connectivity index (χ1) is 12.2. The van der Waals surface area contributed by atoms with E-state index in [1.807, 2.05) is 0 Å². The number of halogens is 1. The molecular weight excluding hydrogens is 376 g/mol. The van der Waals surface area contributed by atoms with Crippen LogP contribution in [0.5, 0.6) is 0 Å². The Morgan fingerprint density at radius 3 is 2.52 bits per heavy atom. The van der Waals surface area contributed by atoms with Crippen LogP contribution in [0.2, 0.25) is 0 Å². The van der Waals surface area contributed by atoms with Crippen molar-refractivity contribution in [2.24, 2.45) is 4.99 Å². The van der Waals surface area contributed by atoms with E-state index in [9.17, 15) is 0 Å². The van der Waals surface area contributed by atoms with Crippen molar-refractivity contribution in [3.63, 3.8) is 0 Å². The summed E-state index contributed by atoms with van der Waals surface area (Å²) in [5, 5.41) is 1.24. The molecule has 0 unspecified atom stereocenters. The lowest BCUT2D eigenvalue weighted by molar-refractivity contribution is 0.313. The van der Waals surface area contributed by atoms with E-state index >= 15 is 0 Å². The van der Waals surface area contributed by atoms with Crippen molar-refractivity contribution in [3.05, 3.63) is 54.2 Å². The van der Waals surface area contributed by atoms with Gasteiger partial charge in [0.15, 0.2) is 0 Å². The average molecular weight is 395 g/mol. The second-order valence-corrected chi connectivity index (χ2v) is 7.52. The molecule has 3 aromatic rings. The molecule has 4 nitrogen and oxygen atoms in total. The number of aromatic nitrogens is 1. The van der Waals surface area contributed by atoms with E-state index in [0.717, 1.165) is 47.7 Å². The van der Waals surface area contributed by atoms with Gasteiger partial charge in [-0.15, -0.1) is 0 Å². The third-order valence-electron chi connectivity index (χ3n) is 5.24. The minimum atomic E-state index is 0.901. The van der Waals surface area contributed by atoms with Gasteiger partial charge in [-0.05, 0) is 41.2 Å². The van der Waals surface area contributed by atoms with E-state index < -0.39 is 0 Å². The van der Waals surface area contributed by atoms with Gasteiger partial charge in [-0.2, -0.15) is 0 Å². The van der Waals surface area contributed by atoms with Gasteiger partial charge in [-0.3, -0.25) is 0 Å². The van der Waals surface area contributed by atoms with Gasteiger partial charge in [0.2, 0.25) is 0 Å². The molecule has 2 aromatic carbocycles. The van der Waals surface area contributed by atoms with Crippen molar-refractivity contribution < 1.29 is 0 Å². The molecule has 0 radical (unpaired) electrons. The van der Waals surface area contributed by atoms with Crippen LogP contribution in [-0.2, 0) is 0 Å². The molecule has 25 heavy (non-hydrogen) atoms. The Morgan fingerprint density at radius 1 is 0.920 bits per heavy atom. The highest BCUT2D eigenvalue weighted by Crippen LogP contribution is 2.41. The zero-order chi connectivity index (χ0) is 17.0. The van der Waals surface area contributed by atoms with Crippen molar-refractivity contribution in [1.82, 2.24) is 9.47 Å². The lowest BCUT2D eigenvalue weighted by Gasteiger charge is -2.35. The summed E-state index contributed by atoms with van der Waals surface area (Å²) >= 11 is 3.73. The summed E-state index contributed by atoms with van der Waals surface area (Å²) in [6.45, 7) is 4.24. The maximum atomic E-state index is 5.00. The zero-order valence-corrected chi connectivity index (χ0v) is 15.7. The SMILES string of the molecule is CN1CCN(c2cccc3c2N=C(Br)c2cccc4ccn-3c24)CC1. The van der Waals surface area contributed by atoms with Crippen LogP contribution in [0.1, 0.15) is 5.56 Å². The molecule has 5 heteroatoms. The van der Waals surface area contributed by atoms with E-state index in [-0.39, 0.29) is 0 Å². The molecule has 0 atom stereocenters. The van der Waals surface area contributed by atoms with Gasteiger partial charge in [-0.1, -0.05) is 24.3 Å². The number of para-hydroxylation sites is 2. The van der Waals surface area contributed by atoms with E-state index in [0.29, 0.717) is 0 Å². The van der Waals surface area contributed by atoms with Crippen LogP contribution in [0.15, 0.2) is 53.7 Å². The Bertz CT molecular complexity index is 996.